The van der Waals surface area contributed by atoms with Crippen LogP contribution in [0.4, 0.5) is 0 Å². The zero-order valence-electron chi connectivity index (χ0n) is 10.8. The minimum Gasteiger partial charge on any atom is -0.481 e. The third kappa shape index (κ3) is 6.67. The van der Waals surface area contributed by atoms with Crippen molar-refractivity contribution in [1.29, 1.82) is 0 Å². The van der Waals surface area contributed by atoms with Gasteiger partial charge < -0.3 is 14.6 Å². The van der Waals surface area contributed by atoms with Gasteiger partial charge in [0.2, 0.25) is 0 Å². The van der Waals surface area contributed by atoms with Crippen LogP contribution in [0.2, 0.25) is 0 Å². The Morgan fingerprint density at radius 1 is 1.22 bits per heavy atom. The molecular formula is C12H18O6. The van der Waals surface area contributed by atoms with Gasteiger partial charge in [0.1, 0.15) is 6.61 Å². The van der Waals surface area contributed by atoms with Gasteiger partial charge >= 0.3 is 17.9 Å². The van der Waals surface area contributed by atoms with Crippen molar-refractivity contribution in [3.8, 4) is 0 Å². The Balaban J connectivity index is 4.44. The first-order chi connectivity index (χ1) is 8.38. The molecule has 1 atom stereocenters. The van der Waals surface area contributed by atoms with E-state index in [-0.39, 0.29) is 19.6 Å². The highest BCUT2D eigenvalue weighted by atomic mass is 16.5. The van der Waals surface area contributed by atoms with Gasteiger partial charge in [-0.15, -0.1) is 0 Å². The van der Waals surface area contributed by atoms with E-state index in [4.69, 9.17) is 5.11 Å². The van der Waals surface area contributed by atoms with Crippen LogP contribution in [0.5, 0.6) is 0 Å². The van der Waals surface area contributed by atoms with Gasteiger partial charge in [0, 0.05) is 6.92 Å². The summed E-state index contributed by atoms with van der Waals surface area (Å²) >= 11 is 0. The Hall–Kier alpha value is -1.85. The van der Waals surface area contributed by atoms with E-state index >= 15 is 0 Å². The maximum absolute atomic E-state index is 11.4. The molecule has 0 bridgehead atoms. The van der Waals surface area contributed by atoms with E-state index in [1.54, 1.807) is 19.9 Å². The number of carboxylic acid groups (broad SMARTS) is 1. The number of hydrogen-bond acceptors (Lipinski definition) is 5. The molecule has 0 rings (SSSR count). The molecule has 0 aromatic carbocycles. The molecule has 102 valence electrons. The fourth-order valence-corrected chi connectivity index (χ4v) is 1.22. The third-order valence-electron chi connectivity index (χ3n) is 2.11. The summed E-state index contributed by atoms with van der Waals surface area (Å²) in [5, 5.41) is 8.92. The van der Waals surface area contributed by atoms with E-state index in [0.29, 0.717) is 5.57 Å². The van der Waals surface area contributed by atoms with Crippen molar-refractivity contribution in [2.24, 2.45) is 5.92 Å². The molecule has 0 heterocycles. The second kappa shape index (κ2) is 8.27. The van der Waals surface area contributed by atoms with Gasteiger partial charge in [-0.1, -0.05) is 5.57 Å². The summed E-state index contributed by atoms with van der Waals surface area (Å²) in [6, 6.07) is 0. The van der Waals surface area contributed by atoms with Crippen LogP contribution in [0, 0.1) is 5.92 Å². The van der Waals surface area contributed by atoms with Crippen LogP contribution in [0.1, 0.15) is 27.2 Å². The van der Waals surface area contributed by atoms with Crippen molar-refractivity contribution in [1.82, 2.24) is 0 Å². The molecular weight excluding hydrogens is 240 g/mol. The lowest BCUT2D eigenvalue weighted by molar-refractivity contribution is -0.158. The molecule has 0 fully saturated rings. The van der Waals surface area contributed by atoms with Gasteiger partial charge in [0.15, 0.2) is 5.92 Å². The molecule has 6 nitrogen and oxygen atoms in total. The Labute approximate surface area is 106 Å². The summed E-state index contributed by atoms with van der Waals surface area (Å²) in [6.45, 7) is 4.76. The third-order valence-corrected chi connectivity index (χ3v) is 2.11. The number of hydrogen-bond donors (Lipinski definition) is 1. The first-order valence-electron chi connectivity index (χ1n) is 5.56. The fraction of sp³-hybridized carbons (Fsp3) is 0.583. The highest BCUT2D eigenvalue weighted by Gasteiger charge is 2.27. The van der Waals surface area contributed by atoms with E-state index in [2.05, 4.69) is 9.47 Å². The quantitative estimate of drug-likeness (QED) is 0.418. The molecule has 18 heavy (non-hydrogen) atoms. The second-order valence-corrected chi connectivity index (χ2v) is 3.70. The number of esters is 2. The Morgan fingerprint density at radius 2 is 1.83 bits per heavy atom. The highest BCUT2D eigenvalue weighted by Crippen LogP contribution is 2.13. The molecule has 0 amide bonds. The Kier molecular flexibility index (Phi) is 7.42. The topological polar surface area (TPSA) is 89.9 Å². The van der Waals surface area contributed by atoms with Crippen LogP contribution < -0.4 is 0 Å². The van der Waals surface area contributed by atoms with Crippen molar-refractivity contribution >= 4 is 17.9 Å². The smallest absolute Gasteiger partial charge is 0.320 e. The Morgan fingerprint density at radius 3 is 2.28 bits per heavy atom. The Bertz CT molecular complexity index is 344. The van der Waals surface area contributed by atoms with Crippen molar-refractivity contribution < 1.29 is 29.0 Å². The van der Waals surface area contributed by atoms with Gasteiger partial charge in [-0.05, 0) is 26.3 Å². The number of carbonyl (C=O) groups excluding carboxylic acids is 2. The van der Waals surface area contributed by atoms with E-state index < -0.39 is 23.8 Å². The van der Waals surface area contributed by atoms with Crippen LogP contribution in [0.15, 0.2) is 11.6 Å². The van der Waals surface area contributed by atoms with E-state index in [1.807, 2.05) is 0 Å². The van der Waals surface area contributed by atoms with Gasteiger partial charge in [0.25, 0.3) is 0 Å². The number of rotatable bonds is 7. The molecule has 0 saturated heterocycles. The molecule has 0 aromatic rings. The van der Waals surface area contributed by atoms with Crippen molar-refractivity contribution in [2.45, 2.75) is 27.2 Å². The van der Waals surface area contributed by atoms with E-state index in [9.17, 15) is 14.4 Å². The maximum atomic E-state index is 11.4. The van der Waals surface area contributed by atoms with Crippen LogP contribution in [0.3, 0.4) is 0 Å². The fourth-order valence-electron chi connectivity index (χ4n) is 1.22. The van der Waals surface area contributed by atoms with Gasteiger partial charge in [-0.2, -0.15) is 0 Å². The predicted molar refractivity (Wildman–Crippen MR) is 62.8 cm³/mol. The lowest BCUT2D eigenvalue weighted by atomic mass is 10.0. The van der Waals surface area contributed by atoms with Gasteiger partial charge in [-0.3, -0.25) is 14.4 Å². The molecule has 0 aliphatic rings. The standard InChI is InChI=1S/C12H18O6/c1-4-17-12(16)10(11(14)15)7-8(2)5-6-18-9(3)13/h5,10H,4,6-7H2,1-3H3,(H,14,15). The van der Waals surface area contributed by atoms with Gasteiger partial charge in [-0.25, -0.2) is 0 Å². The summed E-state index contributed by atoms with van der Waals surface area (Å²) < 4.78 is 9.36. The molecule has 6 heteroatoms. The minimum atomic E-state index is -1.23. The molecule has 0 aromatic heterocycles. The van der Waals surface area contributed by atoms with E-state index in [0.717, 1.165) is 0 Å². The number of aliphatic carboxylic acids is 1. The van der Waals surface area contributed by atoms with E-state index in [1.165, 1.54) is 6.92 Å². The maximum Gasteiger partial charge on any atom is 0.320 e. The number of allylic oxidation sites excluding steroid dienone is 1. The molecule has 0 aliphatic carbocycles. The number of carbonyl (C=O) groups is 3. The van der Waals surface area contributed by atoms with Crippen molar-refractivity contribution in [2.75, 3.05) is 13.2 Å². The van der Waals surface area contributed by atoms with Crippen LogP contribution >= 0.6 is 0 Å². The van der Waals surface area contributed by atoms with Crippen molar-refractivity contribution in [3.63, 3.8) is 0 Å². The second-order valence-electron chi connectivity index (χ2n) is 3.70. The van der Waals surface area contributed by atoms with Crippen LogP contribution in [-0.4, -0.2) is 36.2 Å². The summed E-state index contributed by atoms with van der Waals surface area (Å²) in [6.07, 6.45) is 1.60. The number of ether oxygens (including phenoxy) is 2. The average molecular weight is 258 g/mol. The summed E-state index contributed by atoms with van der Waals surface area (Å²) in [5.74, 6) is -3.63. The van der Waals surface area contributed by atoms with Crippen LogP contribution in [-0.2, 0) is 23.9 Å². The molecule has 1 unspecified atom stereocenters. The molecule has 0 spiro atoms. The van der Waals surface area contributed by atoms with Crippen LogP contribution in [0.25, 0.3) is 0 Å². The summed E-state index contributed by atoms with van der Waals surface area (Å²) in [7, 11) is 0. The highest BCUT2D eigenvalue weighted by molar-refractivity contribution is 5.94. The van der Waals surface area contributed by atoms with Gasteiger partial charge in [0.05, 0.1) is 6.61 Å². The average Bonchev–Trinajstić information content (AvgIpc) is 2.25. The minimum absolute atomic E-state index is 0.0371. The first-order valence-corrected chi connectivity index (χ1v) is 5.56. The van der Waals surface area contributed by atoms with Crippen molar-refractivity contribution in [3.05, 3.63) is 11.6 Å². The lowest BCUT2D eigenvalue weighted by Crippen LogP contribution is -2.26. The monoisotopic (exact) mass is 258 g/mol. The first kappa shape index (κ1) is 16.1. The predicted octanol–water partition coefficient (Wildman–Crippen LogP) is 1.15. The normalized spacial score (nSPS) is 12.7. The molecule has 0 saturated carbocycles. The number of carboxylic acids is 1. The zero-order chi connectivity index (χ0) is 14.1. The SMILES string of the molecule is CCOC(=O)C(CC(C)=CCOC(C)=O)C(=O)O. The molecule has 0 aliphatic heterocycles. The summed E-state index contributed by atoms with van der Waals surface area (Å²) in [4.78, 5) is 32.8. The molecule has 1 N–H and O–H groups in total. The zero-order valence-corrected chi connectivity index (χ0v) is 10.8. The largest absolute Gasteiger partial charge is 0.481 e. The molecule has 0 radical (unpaired) electrons. The summed E-state index contributed by atoms with van der Waals surface area (Å²) in [5.41, 5.74) is 0.650. The lowest BCUT2D eigenvalue weighted by Gasteiger charge is -2.11.